The Hall–Kier alpha value is -2.22. The van der Waals surface area contributed by atoms with Gasteiger partial charge in [-0.2, -0.15) is 0 Å². The second-order valence-electron chi connectivity index (χ2n) is 7.57. The third kappa shape index (κ3) is 3.30. The van der Waals surface area contributed by atoms with Gasteiger partial charge in [0.25, 0.3) is 0 Å². The molecule has 0 fully saturated rings. The first-order valence-electron chi connectivity index (χ1n) is 9.44. The van der Waals surface area contributed by atoms with Crippen molar-refractivity contribution in [2.75, 3.05) is 18.0 Å². The van der Waals surface area contributed by atoms with E-state index in [1.165, 1.54) is 72.3 Å². The molecule has 3 aliphatic rings. The number of benzene rings is 1. The number of ether oxygens (including phenoxy) is 1. The van der Waals surface area contributed by atoms with Crippen LogP contribution in [0.2, 0.25) is 0 Å². The number of allylic oxidation sites excluding steroid dienone is 6. The zero-order chi connectivity index (χ0) is 17.4. The van der Waals surface area contributed by atoms with Crippen molar-refractivity contribution < 1.29 is 4.74 Å². The molecule has 3 heterocycles. The molecule has 25 heavy (non-hydrogen) atoms. The molecule has 1 aromatic carbocycles. The largest absolute Gasteiger partial charge is 0.462 e. The van der Waals surface area contributed by atoms with Crippen LogP contribution in [0.4, 0.5) is 5.69 Å². The van der Waals surface area contributed by atoms with Crippen LogP contribution in [0.25, 0.3) is 6.08 Å². The molecular weight excluding hydrogens is 306 g/mol. The van der Waals surface area contributed by atoms with E-state index in [0.717, 1.165) is 11.5 Å². The minimum atomic E-state index is 0.921. The summed E-state index contributed by atoms with van der Waals surface area (Å²) in [5.41, 5.74) is 8.46. The quantitative estimate of drug-likeness (QED) is 0.703. The van der Waals surface area contributed by atoms with Gasteiger partial charge >= 0.3 is 0 Å². The van der Waals surface area contributed by atoms with Crippen molar-refractivity contribution in [2.45, 2.75) is 46.5 Å². The Morgan fingerprint density at radius 3 is 2.32 bits per heavy atom. The SMILES string of the molecule is CC1=CC(=C(C)C)C=C(/C=C/c2cc3c4c(c2)CCCN4CCC3)O1. The smallest absolute Gasteiger partial charge is 0.127 e. The molecule has 2 nitrogen and oxygen atoms in total. The van der Waals surface area contributed by atoms with Crippen molar-refractivity contribution in [2.24, 2.45) is 0 Å². The summed E-state index contributed by atoms with van der Waals surface area (Å²) in [5.74, 6) is 1.87. The van der Waals surface area contributed by atoms with Gasteiger partial charge in [-0.25, -0.2) is 0 Å². The molecule has 0 aliphatic carbocycles. The van der Waals surface area contributed by atoms with E-state index in [2.05, 4.69) is 55.2 Å². The van der Waals surface area contributed by atoms with E-state index in [9.17, 15) is 0 Å². The van der Waals surface area contributed by atoms with Gasteiger partial charge in [0.2, 0.25) is 0 Å². The third-order valence-electron chi connectivity index (χ3n) is 5.31. The normalized spacial score (nSPS) is 19.3. The summed E-state index contributed by atoms with van der Waals surface area (Å²) in [4.78, 5) is 2.59. The maximum atomic E-state index is 5.88. The van der Waals surface area contributed by atoms with Gasteiger partial charge < -0.3 is 9.64 Å². The molecular formula is C23H27NO. The molecule has 4 rings (SSSR count). The van der Waals surface area contributed by atoms with Crippen LogP contribution in [0.15, 0.2) is 53.0 Å². The van der Waals surface area contributed by atoms with Crippen LogP contribution in [0.5, 0.6) is 0 Å². The Balaban J connectivity index is 1.64. The summed E-state index contributed by atoms with van der Waals surface area (Å²) in [7, 11) is 0. The summed E-state index contributed by atoms with van der Waals surface area (Å²) in [6.07, 6.45) is 13.5. The highest BCUT2D eigenvalue weighted by atomic mass is 16.5. The van der Waals surface area contributed by atoms with Crippen molar-refractivity contribution in [3.8, 4) is 0 Å². The predicted octanol–water partition coefficient (Wildman–Crippen LogP) is 5.55. The lowest BCUT2D eigenvalue weighted by Gasteiger charge is -2.37. The number of nitrogens with zero attached hydrogens (tertiary/aromatic N) is 1. The molecule has 0 bridgehead atoms. The second kappa shape index (κ2) is 6.59. The highest BCUT2D eigenvalue weighted by Gasteiger charge is 2.23. The first kappa shape index (κ1) is 16.3. The topological polar surface area (TPSA) is 12.5 Å². The van der Waals surface area contributed by atoms with E-state index < -0.39 is 0 Å². The van der Waals surface area contributed by atoms with Crippen molar-refractivity contribution in [1.29, 1.82) is 0 Å². The predicted molar refractivity (Wildman–Crippen MR) is 106 cm³/mol. The number of hydrogen-bond acceptors (Lipinski definition) is 2. The molecule has 0 saturated carbocycles. The van der Waals surface area contributed by atoms with Gasteiger partial charge in [0.05, 0.1) is 0 Å². The minimum absolute atomic E-state index is 0.921. The Bertz CT molecular complexity index is 787. The van der Waals surface area contributed by atoms with Crippen LogP contribution in [-0.2, 0) is 17.6 Å². The van der Waals surface area contributed by atoms with Gasteiger partial charge in [-0.3, -0.25) is 0 Å². The summed E-state index contributed by atoms with van der Waals surface area (Å²) in [6, 6.07) is 4.75. The minimum Gasteiger partial charge on any atom is -0.462 e. The number of rotatable bonds is 2. The van der Waals surface area contributed by atoms with Crippen molar-refractivity contribution >= 4 is 11.8 Å². The number of aryl methyl sites for hydroxylation is 2. The first-order chi connectivity index (χ1) is 12.1. The van der Waals surface area contributed by atoms with Crippen molar-refractivity contribution in [1.82, 2.24) is 0 Å². The van der Waals surface area contributed by atoms with E-state index in [-0.39, 0.29) is 0 Å². The average molecular weight is 333 g/mol. The highest BCUT2D eigenvalue weighted by molar-refractivity contribution is 5.68. The zero-order valence-electron chi connectivity index (χ0n) is 15.6. The maximum absolute atomic E-state index is 5.88. The fraction of sp³-hybridized carbons (Fsp3) is 0.391. The van der Waals surface area contributed by atoms with Crippen molar-refractivity contribution in [3.05, 3.63) is 69.7 Å². The van der Waals surface area contributed by atoms with Gasteiger partial charge in [0.1, 0.15) is 11.5 Å². The Labute approximate surface area is 151 Å². The third-order valence-corrected chi connectivity index (χ3v) is 5.31. The average Bonchev–Trinajstić information content (AvgIpc) is 2.60. The summed E-state index contributed by atoms with van der Waals surface area (Å²) in [6.45, 7) is 8.76. The molecule has 0 amide bonds. The summed E-state index contributed by atoms with van der Waals surface area (Å²) in [5, 5.41) is 0. The Morgan fingerprint density at radius 1 is 1.00 bits per heavy atom. The lowest BCUT2D eigenvalue weighted by molar-refractivity contribution is 0.318. The van der Waals surface area contributed by atoms with Crippen LogP contribution >= 0.6 is 0 Å². The number of anilines is 1. The van der Waals surface area contributed by atoms with Crippen LogP contribution < -0.4 is 4.90 Å². The number of hydrogen-bond donors (Lipinski definition) is 0. The van der Waals surface area contributed by atoms with E-state index in [1.807, 2.05) is 6.92 Å². The molecule has 0 unspecified atom stereocenters. The van der Waals surface area contributed by atoms with Gasteiger partial charge in [0, 0.05) is 18.8 Å². The standard InChI is InChI=1S/C23H27NO/c1-16(2)21-12-17(3)25-22(15-21)9-8-18-13-19-6-4-10-24-11-5-7-20(14-18)23(19)24/h8-9,12-15H,4-7,10-11H2,1-3H3/b9-8+. The molecule has 2 heteroatoms. The molecule has 130 valence electrons. The summed E-state index contributed by atoms with van der Waals surface area (Å²) >= 11 is 0. The summed E-state index contributed by atoms with van der Waals surface area (Å²) < 4.78 is 5.88. The molecule has 0 N–H and O–H groups in total. The monoisotopic (exact) mass is 333 g/mol. The second-order valence-corrected chi connectivity index (χ2v) is 7.57. The molecule has 0 saturated heterocycles. The molecule has 3 aliphatic heterocycles. The van der Waals surface area contributed by atoms with E-state index in [0.29, 0.717) is 0 Å². The fourth-order valence-corrected chi connectivity index (χ4v) is 4.13. The van der Waals surface area contributed by atoms with Crippen LogP contribution in [0, 0.1) is 0 Å². The van der Waals surface area contributed by atoms with Crippen LogP contribution in [0.1, 0.15) is 50.3 Å². The fourth-order valence-electron chi connectivity index (χ4n) is 4.13. The van der Waals surface area contributed by atoms with E-state index in [1.54, 1.807) is 0 Å². The highest BCUT2D eigenvalue weighted by Crippen LogP contribution is 2.36. The Morgan fingerprint density at radius 2 is 1.68 bits per heavy atom. The lowest BCUT2D eigenvalue weighted by atomic mass is 9.90. The zero-order valence-corrected chi connectivity index (χ0v) is 15.6. The molecule has 0 aromatic heterocycles. The Kier molecular flexibility index (Phi) is 4.29. The van der Waals surface area contributed by atoms with E-state index in [4.69, 9.17) is 4.74 Å². The molecule has 1 aromatic rings. The van der Waals surface area contributed by atoms with Crippen LogP contribution in [0.3, 0.4) is 0 Å². The van der Waals surface area contributed by atoms with Gasteiger partial charge in [-0.1, -0.05) is 11.6 Å². The molecule has 0 spiro atoms. The van der Waals surface area contributed by atoms with Crippen LogP contribution in [-0.4, -0.2) is 13.1 Å². The maximum Gasteiger partial charge on any atom is 0.127 e. The van der Waals surface area contributed by atoms with Gasteiger partial charge in [-0.05, 0) is 99.1 Å². The van der Waals surface area contributed by atoms with E-state index >= 15 is 0 Å². The lowest BCUT2D eigenvalue weighted by Crippen LogP contribution is -2.34. The molecule has 0 atom stereocenters. The first-order valence-corrected chi connectivity index (χ1v) is 9.44. The van der Waals surface area contributed by atoms with Gasteiger partial charge in [-0.15, -0.1) is 0 Å². The van der Waals surface area contributed by atoms with Crippen molar-refractivity contribution in [3.63, 3.8) is 0 Å². The van der Waals surface area contributed by atoms with Gasteiger partial charge in [0.15, 0.2) is 0 Å². The molecule has 0 radical (unpaired) electrons.